The Labute approximate surface area is 152 Å². The third-order valence-corrected chi connectivity index (χ3v) is 3.99. The fourth-order valence-corrected chi connectivity index (χ4v) is 2.73. The Kier molecular flexibility index (Phi) is 4.62. The van der Waals surface area contributed by atoms with Gasteiger partial charge in [0.15, 0.2) is 11.3 Å². The minimum Gasteiger partial charge on any atom is -0.479 e. The van der Waals surface area contributed by atoms with Crippen LogP contribution >= 0.6 is 0 Å². The van der Waals surface area contributed by atoms with Gasteiger partial charge in [0, 0.05) is 5.56 Å². The predicted octanol–water partition coefficient (Wildman–Crippen LogP) is 3.91. The zero-order valence-electron chi connectivity index (χ0n) is 14.2. The van der Waals surface area contributed by atoms with Crippen molar-refractivity contribution in [3.8, 4) is 17.6 Å². The maximum atomic E-state index is 5.82. The van der Waals surface area contributed by atoms with Gasteiger partial charge >= 0.3 is 0 Å². The second kappa shape index (κ2) is 7.54. The fourth-order valence-electron chi connectivity index (χ4n) is 2.73. The minimum atomic E-state index is 0.305. The first-order valence-electron chi connectivity index (χ1n) is 8.43. The normalized spacial score (nSPS) is 10.3. The third-order valence-electron chi connectivity index (χ3n) is 3.99. The van der Waals surface area contributed by atoms with E-state index in [1.807, 2.05) is 71.4 Å². The topological polar surface area (TPSA) is 39.9 Å². The van der Waals surface area contributed by atoms with Crippen LogP contribution in [0.2, 0.25) is 0 Å². The standard InChI is InChI=1S/C22H17N3O/c1-3-9-18(10-4-1)13-8-16-26-21-15-7-14-20-22(21)23-24-25(20)17-19-11-5-2-6-12-19/h1-7,9-12,14-15H,16-17H2. The van der Waals surface area contributed by atoms with Gasteiger partial charge < -0.3 is 4.74 Å². The maximum absolute atomic E-state index is 5.82. The zero-order chi connectivity index (χ0) is 17.6. The van der Waals surface area contributed by atoms with Crippen LogP contribution in [-0.2, 0) is 6.54 Å². The summed E-state index contributed by atoms with van der Waals surface area (Å²) < 4.78 is 7.70. The average molecular weight is 339 g/mol. The summed E-state index contributed by atoms with van der Waals surface area (Å²) in [5, 5.41) is 8.57. The van der Waals surface area contributed by atoms with Gasteiger partial charge in [0.25, 0.3) is 0 Å². The zero-order valence-corrected chi connectivity index (χ0v) is 14.2. The highest BCUT2D eigenvalue weighted by atomic mass is 16.5. The first-order chi connectivity index (χ1) is 12.9. The molecule has 0 aliphatic carbocycles. The molecule has 0 saturated heterocycles. The molecule has 0 atom stereocenters. The van der Waals surface area contributed by atoms with E-state index in [2.05, 4.69) is 34.3 Å². The van der Waals surface area contributed by atoms with Gasteiger partial charge in [-0.2, -0.15) is 0 Å². The lowest BCUT2D eigenvalue weighted by Crippen LogP contribution is -2.01. The van der Waals surface area contributed by atoms with Gasteiger partial charge in [-0.05, 0) is 29.8 Å². The SMILES string of the molecule is C(#Cc1ccccc1)COc1cccc2c1nnn2Cc1ccccc1. The second-order valence-corrected chi connectivity index (χ2v) is 5.81. The Morgan fingerprint density at radius 2 is 1.62 bits per heavy atom. The molecule has 4 nitrogen and oxygen atoms in total. The number of fused-ring (bicyclic) bond motifs is 1. The van der Waals surface area contributed by atoms with Crippen molar-refractivity contribution < 1.29 is 4.74 Å². The van der Waals surface area contributed by atoms with Crippen LogP contribution < -0.4 is 4.74 Å². The molecule has 0 amide bonds. The van der Waals surface area contributed by atoms with Crippen molar-refractivity contribution in [3.05, 3.63) is 90.0 Å². The molecular formula is C22H17N3O. The summed E-state index contributed by atoms with van der Waals surface area (Å²) in [4.78, 5) is 0. The highest BCUT2D eigenvalue weighted by Crippen LogP contribution is 2.23. The van der Waals surface area contributed by atoms with Gasteiger partial charge in [-0.25, -0.2) is 4.68 Å². The average Bonchev–Trinajstić information content (AvgIpc) is 3.10. The lowest BCUT2D eigenvalue weighted by atomic mass is 10.2. The lowest BCUT2D eigenvalue weighted by Gasteiger charge is -2.04. The van der Waals surface area contributed by atoms with Crippen LogP contribution in [0.4, 0.5) is 0 Å². The molecule has 0 aliphatic heterocycles. The van der Waals surface area contributed by atoms with Crippen LogP contribution in [-0.4, -0.2) is 21.6 Å². The quantitative estimate of drug-likeness (QED) is 0.529. The molecule has 0 N–H and O–H groups in total. The van der Waals surface area contributed by atoms with E-state index in [9.17, 15) is 0 Å². The molecule has 0 spiro atoms. The number of ether oxygens (including phenoxy) is 1. The van der Waals surface area contributed by atoms with E-state index >= 15 is 0 Å². The van der Waals surface area contributed by atoms with Crippen molar-refractivity contribution in [1.29, 1.82) is 0 Å². The monoisotopic (exact) mass is 339 g/mol. The van der Waals surface area contributed by atoms with Gasteiger partial charge in [0.05, 0.1) is 12.1 Å². The largest absolute Gasteiger partial charge is 0.479 e. The molecule has 0 bridgehead atoms. The molecule has 0 aliphatic rings. The first-order valence-corrected chi connectivity index (χ1v) is 8.43. The number of aromatic nitrogens is 3. The van der Waals surface area contributed by atoms with Crippen molar-refractivity contribution >= 4 is 11.0 Å². The Morgan fingerprint density at radius 3 is 2.42 bits per heavy atom. The van der Waals surface area contributed by atoms with Crippen LogP contribution in [0.15, 0.2) is 78.9 Å². The summed E-state index contributed by atoms with van der Waals surface area (Å²) >= 11 is 0. The van der Waals surface area contributed by atoms with E-state index < -0.39 is 0 Å². The molecular weight excluding hydrogens is 322 g/mol. The smallest absolute Gasteiger partial charge is 0.155 e. The fraction of sp³-hybridized carbons (Fsp3) is 0.0909. The van der Waals surface area contributed by atoms with Crippen molar-refractivity contribution in [2.75, 3.05) is 6.61 Å². The van der Waals surface area contributed by atoms with E-state index in [0.29, 0.717) is 18.9 Å². The van der Waals surface area contributed by atoms with E-state index in [0.717, 1.165) is 16.6 Å². The maximum Gasteiger partial charge on any atom is 0.155 e. The Hall–Kier alpha value is -3.58. The molecule has 1 heterocycles. The number of benzene rings is 3. The lowest BCUT2D eigenvalue weighted by molar-refractivity contribution is 0.374. The van der Waals surface area contributed by atoms with Gasteiger partial charge in [-0.15, -0.1) is 5.10 Å². The Morgan fingerprint density at radius 1 is 0.846 bits per heavy atom. The van der Waals surface area contributed by atoms with Gasteiger partial charge in [0.1, 0.15) is 6.61 Å². The molecule has 4 rings (SSSR count). The van der Waals surface area contributed by atoms with Gasteiger partial charge in [-0.3, -0.25) is 0 Å². The summed E-state index contributed by atoms with van der Waals surface area (Å²) in [5.41, 5.74) is 3.86. The Bertz CT molecular complexity index is 1060. The number of nitrogens with zero attached hydrogens (tertiary/aromatic N) is 3. The minimum absolute atomic E-state index is 0.305. The summed E-state index contributed by atoms with van der Waals surface area (Å²) in [6.45, 7) is 0.980. The number of hydrogen-bond donors (Lipinski definition) is 0. The molecule has 4 aromatic rings. The second-order valence-electron chi connectivity index (χ2n) is 5.81. The summed E-state index contributed by atoms with van der Waals surface area (Å²) in [7, 11) is 0. The highest BCUT2D eigenvalue weighted by Gasteiger charge is 2.09. The molecule has 0 unspecified atom stereocenters. The molecule has 4 heteroatoms. The van der Waals surface area contributed by atoms with Crippen molar-refractivity contribution in [1.82, 2.24) is 15.0 Å². The summed E-state index contributed by atoms with van der Waals surface area (Å²) in [6.07, 6.45) is 0. The van der Waals surface area contributed by atoms with Crippen LogP contribution in [0, 0.1) is 11.8 Å². The molecule has 3 aromatic carbocycles. The van der Waals surface area contributed by atoms with Crippen LogP contribution in [0.3, 0.4) is 0 Å². The van der Waals surface area contributed by atoms with E-state index in [1.54, 1.807) is 0 Å². The van der Waals surface area contributed by atoms with Crippen molar-refractivity contribution in [2.24, 2.45) is 0 Å². The predicted molar refractivity (Wildman–Crippen MR) is 102 cm³/mol. The first kappa shape index (κ1) is 15.9. The third kappa shape index (κ3) is 3.57. The van der Waals surface area contributed by atoms with Gasteiger partial charge in [0.2, 0.25) is 0 Å². The number of hydrogen-bond acceptors (Lipinski definition) is 3. The van der Waals surface area contributed by atoms with Crippen LogP contribution in [0.1, 0.15) is 11.1 Å². The summed E-state index contributed by atoms with van der Waals surface area (Å²) in [6, 6.07) is 25.9. The molecule has 1 aromatic heterocycles. The van der Waals surface area contributed by atoms with E-state index in [-0.39, 0.29) is 0 Å². The molecule has 26 heavy (non-hydrogen) atoms. The van der Waals surface area contributed by atoms with E-state index in [4.69, 9.17) is 4.74 Å². The van der Waals surface area contributed by atoms with Crippen LogP contribution in [0.5, 0.6) is 5.75 Å². The molecule has 126 valence electrons. The van der Waals surface area contributed by atoms with Gasteiger partial charge in [-0.1, -0.05) is 71.7 Å². The molecule has 0 fully saturated rings. The molecule has 0 radical (unpaired) electrons. The molecule has 0 saturated carbocycles. The highest BCUT2D eigenvalue weighted by molar-refractivity contribution is 5.81. The Balaban J connectivity index is 1.51. The van der Waals surface area contributed by atoms with E-state index in [1.165, 1.54) is 5.56 Å². The number of rotatable bonds is 4. The summed E-state index contributed by atoms with van der Waals surface area (Å²) in [5.74, 6) is 6.82. The van der Waals surface area contributed by atoms with Crippen molar-refractivity contribution in [3.63, 3.8) is 0 Å². The van der Waals surface area contributed by atoms with Crippen molar-refractivity contribution in [2.45, 2.75) is 6.54 Å². The van der Waals surface area contributed by atoms with Crippen LogP contribution in [0.25, 0.3) is 11.0 Å².